The van der Waals surface area contributed by atoms with E-state index in [2.05, 4.69) is 5.32 Å². The Morgan fingerprint density at radius 3 is 2.17 bits per heavy atom. The molecule has 1 N–H and O–H groups in total. The molecule has 4 aromatic carbocycles. The summed E-state index contributed by atoms with van der Waals surface area (Å²) in [5.41, 5.74) is 3.65. The Labute approximate surface area is 287 Å². The predicted molar refractivity (Wildman–Crippen MR) is 188 cm³/mol. The lowest BCUT2D eigenvalue weighted by Crippen LogP contribution is -2.54. The zero-order valence-electron chi connectivity index (χ0n) is 26.5. The third kappa shape index (κ3) is 8.55. The Hall–Kier alpha value is -3.85. The molecule has 1 aliphatic rings. The maximum absolute atomic E-state index is 14.7. The van der Waals surface area contributed by atoms with Gasteiger partial charge in [0, 0.05) is 19.0 Å². The molecule has 7 nitrogen and oxygen atoms in total. The van der Waals surface area contributed by atoms with Crippen molar-refractivity contribution in [2.24, 2.45) is 0 Å². The summed E-state index contributed by atoms with van der Waals surface area (Å²) >= 11 is 13.0. The van der Waals surface area contributed by atoms with Crippen molar-refractivity contribution in [2.75, 3.05) is 10.8 Å². The Bertz CT molecular complexity index is 1810. The van der Waals surface area contributed by atoms with Crippen LogP contribution < -0.4 is 9.62 Å². The second-order valence-electron chi connectivity index (χ2n) is 12.1. The summed E-state index contributed by atoms with van der Waals surface area (Å²) in [4.78, 5) is 30.3. The molecule has 2 amide bonds. The number of benzene rings is 4. The first-order valence-corrected chi connectivity index (χ1v) is 18.0. The average Bonchev–Trinajstić information content (AvgIpc) is 3.56. The van der Waals surface area contributed by atoms with Gasteiger partial charge in [-0.15, -0.1) is 0 Å². The fourth-order valence-electron chi connectivity index (χ4n) is 5.96. The van der Waals surface area contributed by atoms with Crippen molar-refractivity contribution in [3.8, 4) is 0 Å². The van der Waals surface area contributed by atoms with Gasteiger partial charge in [0.2, 0.25) is 11.8 Å². The van der Waals surface area contributed by atoms with Gasteiger partial charge in [0.1, 0.15) is 12.6 Å². The van der Waals surface area contributed by atoms with E-state index in [9.17, 15) is 18.0 Å². The molecular weight excluding hydrogens is 653 g/mol. The van der Waals surface area contributed by atoms with Gasteiger partial charge < -0.3 is 10.2 Å². The summed E-state index contributed by atoms with van der Waals surface area (Å²) in [6.07, 6.45) is 4.08. The normalized spacial score (nSPS) is 14.0. The van der Waals surface area contributed by atoms with Crippen LogP contribution in [0.15, 0.2) is 102 Å². The van der Waals surface area contributed by atoms with Crippen molar-refractivity contribution < 1.29 is 18.0 Å². The van der Waals surface area contributed by atoms with Gasteiger partial charge in [-0.3, -0.25) is 13.9 Å². The number of hydrogen-bond donors (Lipinski definition) is 1. The smallest absolute Gasteiger partial charge is 0.264 e. The molecule has 0 unspecified atom stereocenters. The van der Waals surface area contributed by atoms with Crippen molar-refractivity contribution in [3.63, 3.8) is 0 Å². The molecule has 0 aliphatic heterocycles. The van der Waals surface area contributed by atoms with Crippen LogP contribution in [-0.2, 0) is 32.6 Å². The van der Waals surface area contributed by atoms with Crippen molar-refractivity contribution in [1.82, 2.24) is 10.2 Å². The van der Waals surface area contributed by atoms with Crippen LogP contribution >= 0.6 is 23.2 Å². The molecule has 246 valence electrons. The molecule has 5 rings (SSSR count). The van der Waals surface area contributed by atoms with E-state index in [1.54, 1.807) is 24.3 Å². The van der Waals surface area contributed by atoms with Crippen LogP contribution in [0, 0.1) is 13.8 Å². The molecule has 0 spiro atoms. The number of anilines is 1. The van der Waals surface area contributed by atoms with Crippen LogP contribution in [0.1, 0.15) is 47.9 Å². The number of hydrogen-bond acceptors (Lipinski definition) is 4. The molecule has 1 saturated carbocycles. The van der Waals surface area contributed by atoms with Gasteiger partial charge in [0.25, 0.3) is 10.0 Å². The van der Waals surface area contributed by atoms with E-state index in [4.69, 9.17) is 23.2 Å². The molecule has 4 aromatic rings. The minimum Gasteiger partial charge on any atom is -0.352 e. The topological polar surface area (TPSA) is 86.8 Å². The highest BCUT2D eigenvalue weighted by Gasteiger charge is 2.36. The molecule has 0 saturated heterocycles. The van der Waals surface area contributed by atoms with Gasteiger partial charge in [0.05, 0.1) is 20.6 Å². The highest BCUT2D eigenvalue weighted by molar-refractivity contribution is 7.92. The number of carbonyl (C=O) groups is 2. The zero-order valence-corrected chi connectivity index (χ0v) is 28.9. The molecule has 0 aromatic heterocycles. The number of aryl methyl sites for hydroxylation is 2. The van der Waals surface area contributed by atoms with Crippen LogP contribution in [0.3, 0.4) is 0 Å². The van der Waals surface area contributed by atoms with E-state index in [1.165, 1.54) is 23.1 Å². The minimum absolute atomic E-state index is 0.00250. The van der Waals surface area contributed by atoms with Crippen molar-refractivity contribution >= 4 is 50.7 Å². The van der Waals surface area contributed by atoms with Crippen LogP contribution in [0.5, 0.6) is 0 Å². The first kappa shape index (κ1) is 34.5. The van der Waals surface area contributed by atoms with E-state index < -0.39 is 28.5 Å². The summed E-state index contributed by atoms with van der Waals surface area (Å²) in [7, 11) is -4.30. The molecule has 0 bridgehead atoms. The van der Waals surface area contributed by atoms with E-state index in [0.29, 0.717) is 0 Å². The first-order chi connectivity index (χ1) is 22.5. The van der Waals surface area contributed by atoms with Gasteiger partial charge in [0.15, 0.2) is 0 Å². The van der Waals surface area contributed by atoms with Crippen molar-refractivity contribution in [2.45, 2.75) is 69.5 Å². The average molecular weight is 693 g/mol. The Morgan fingerprint density at radius 2 is 1.49 bits per heavy atom. The minimum atomic E-state index is -4.30. The fourth-order valence-corrected chi connectivity index (χ4v) is 7.84. The molecular formula is C37H39Cl2N3O4S. The molecule has 1 atom stereocenters. The summed E-state index contributed by atoms with van der Waals surface area (Å²) in [5.74, 6) is -0.823. The Morgan fingerprint density at radius 1 is 0.830 bits per heavy atom. The van der Waals surface area contributed by atoms with Crippen LogP contribution in [0.2, 0.25) is 10.0 Å². The number of rotatable bonds is 12. The van der Waals surface area contributed by atoms with Gasteiger partial charge >= 0.3 is 0 Å². The lowest BCUT2D eigenvalue weighted by Gasteiger charge is -2.34. The molecule has 1 aliphatic carbocycles. The van der Waals surface area contributed by atoms with Crippen LogP contribution in [0.4, 0.5) is 5.69 Å². The third-order valence-corrected chi connectivity index (χ3v) is 11.1. The number of carbonyl (C=O) groups excluding carboxylic acids is 2. The number of nitrogens with zero attached hydrogens (tertiary/aromatic N) is 2. The maximum Gasteiger partial charge on any atom is 0.264 e. The highest BCUT2D eigenvalue weighted by atomic mass is 35.5. The number of sulfonamides is 1. The standard InChI is InChI=1S/C37H39Cl2N3O4S/c1-26-18-20-31(21-19-26)47(45,46)42(33-17-9-16-32(38)36(33)39)25-35(43)41(24-29-13-8-10-27(2)22-29)34(23-28-11-4-3-5-12-28)37(44)40-30-14-6-7-15-30/h3-5,8-13,16-22,30,34H,6-7,14-15,23-25H2,1-2H3,(H,40,44)/t34-/m0/s1. The third-order valence-electron chi connectivity index (χ3n) is 8.50. The Balaban J connectivity index is 1.59. The number of nitrogens with one attached hydrogen (secondary N) is 1. The van der Waals surface area contributed by atoms with Crippen molar-refractivity contribution in [1.29, 1.82) is 0 Å². The fraction of sp³-hybridized carbons (Fsp3) is 0.297. The van der Waals surface area contributed by atoms with Gasteiger partial charge in [-0.05, 0) is 62.1 Å². The lowest BCUT2D eigenvalue weighted by atomic mass is 10.0. The predicted octanol–water partition coefficient (Wildman–Crippen LogP) is 7.50. The largest absolute Gasteiger partial charge is 0.352 e. The first-order valence-electron chi connectivity index (χ1n) is 15.8. The molecule has 0 radical (unpaired) electrons. The molecule has 10 heteroatoms. The second kappa shape index (κ2) is 15.4. The van der Waals surface area contributed by atoms with Gasteiger partial charge in [-0.1, -0.05) is 120 Å². The highest BCUT2D eigenvalue weighted by Crippen LogP contribution is 2.36. The van der Waals surface area contributed by atoms with Crippen LogP contribution in [-0.4, -0.2) is 43.8 Å². The maximum atomic E-state index is 14.7. The van der Waals surface area contributed by atoms with E-state index >= 15 is 0 Å². The molecule has 47 heavy (non-hydrogen) atoms. The summed E-state index contributed by atoms with van der Waals surface area (Å²) in [6.45, 7) is 3.31. The number of halogens is 2. The zero-order chi connectivity index (χ0) is 33.6. The van der Waals surface area contributed by atoms with Gasteiger partial charge in [-0.25, -0.2) is 8.42 Å². The van der Waals surface area contributed by atoms with E-state index in [-0.39, 0.29) is 45.5 Å². The molecule has 1 fully saturated rings. The summed E-state index contributed by atoms with van der Waals surface area (Å²) in [5, 5.41) is 3.34. The quantitative estimate of drug-likeness (QED) is 0.167. The van der Waals surface area contributed by atoms with Crippen LogP contribution in [0.25, 0.3) is 0 Å². The Kier molecular flexibility index (Phi) is 11.3. The monoisotopic (exact) mass is 691 g/mol. The summed E-state index contributed by atoms with van der Waals surface area (Å²) < 4.78 is 29.5. The summed E-state index contributed by atoms with van der Waals surface area (Å²) in [6, 6.07) is 27.4. The number of amides is 2. The van der Waals surface area contributed by atoms with Crippen molar-refractivity contribution in [3.05, 3.63) is 129 Å². The van der Waals surface area contributed by atoms with E-state index in [1.807, 2.05) is 68.4 Å². The van der Waals surface area contributed by atoms with E-state index in [0.717, 1.165) is 52.2 Å². The molecule has 0 heterocycles. The second-order valence-corrected chi connectivity index (χ2v) is 14.8. The van der Waals surface area contributed by atoms with Gasteiger partial charge in [-0.2, -0.15) is 0 Å². The lowest BCUT2D eigenvalue weighted by molar-refractivity contribution is -0.140. The SMILES string of the molecule is Cc1ccc(S(=O)(=O)N(CC(=O)N(Cc2cccc(C)c2)[C@@H](Cc2ccccc2)C(=O)NC2CCCC2)c2cccc(Cl)c2Cl)cc1.